The number of allylic oxidation sites excluding steroid dienone is 2. The van der Waals surface area contributed by atoms with Crippen LogP contribution < -0.4 is 10.6 Å². The van der Waals surface area contributed by atoms with E-state index < -0.39 is 11.9 Å². The number of benzene rings is 1. The van der Waals surface area contributed by atoms with E-state index in [4.69, 9.17) is 21.1 Å². The molecule has 1 aliphatic heterocycles. The predicted molar refractivity (Wildman–Crippen MR) is 133 cm³/mol. The highest BCUT2D eigenvalue weighted by atomic mass is 35.5. The lowest BCUT2D eigenvalue weighted by Crippen LogP contribution is -2.37. The molecule has 2 N–H and O–H groups in total. The molecule has 0 spiro atoms. The van der Waals surface area contributed by atoms with Crippen LogP contribution in [0, 0.1) is 11.3 Å². The van der Waals surface area contributed by atoms with E-state index in [0.717, 1.165) is 31.2 Å². The second-order valence-corrected chi connectivity index (χ2v) is 9.74. The third kappa shape index (κ3) is 6.78. The van der Waals surface area contributed by atoms with Gasteiger partial charge in [0.1, 0.15) is 6.61 Å². The lowest BCUT2D eigenvalue weighted by molar-refractivity contribution is -0.140. The summed E-state index contributed by atoms with van der Waals surface area (Å²) in [6.07, 6.45) is 5.52. The number of dihydropyridines is 1. The highest BCUT2D eigenvalue weighted by molar-refractivity contribution is 8.03. The molecule has 182 valence electrons. The van der Waals surface area contributed by atoms with Crippen LogP contribution in [0.2, 0.25) is 5.02 Å². The smallest absolute Gasteiger partial charge is 0.336 e. The average molecular weight is 504 g/mol. The van der Waals surface area contributed by atoms with Crippen LogP contribution in [-0.4, -0.2) is 44.0 Å². The molecular weight excluding hydrogens is 474 g/mol. The molecule has 3 rings (SSSR count). The minimum Gasteiger partial charge on any atom is -0.460 e. The summed E-state index contributed by atoms with van der Waals surface area (Å²) in [5.74, 6) is -1.03. The molecule has 1 aliphatic carbocycles. The first-order chi connectivity index (χ1) is 16.4. The SMILES string of the molecule is COCCOC(=O)C1=C(C)NC(SCC(=O)NC2CCCCC2)=C(C#N)[C@H]1c1ccc(Cl)cc1. The summed E-state index contributed by atoms with van der Waals surface area (Å²) in [5.41, 5.74) is 2.04. The van der Waals surface area contributed by atoms with Crippen LogP contribution in [0.3, 0.4) is 0 Å². The highest BCUT2D eigenvalue weighted by Gasteiger charge is 2.35. The number of methoxy groups -OCH3 is 1. The Labute approximate surface area is 209 Å². The Kier molecular flexibility index (Phi) is 9.87. The van der Waals surface area contributed by atoms with Crippen LogP contribution in [0.15, 0.2) is 46.1 Å². The van der Waals surface area contributed by atoms with E-state index in [-0.39, 0.29) is 30.9 Å². The third-order valence-electron chi connectivity index (χ3n) is 5.91. The van der Waals surface area contributed by atoms with E-state index in [2.05, 4.69) is 16.7 Å². The number of carbonyl (C=O) groups is 2. The molecule has 7 nitrogen and oxygen atoms in total. The molecule has 0 saturated heterocycles. The zero-order valence-electron chi connectivity index (χ0n) is 19.5. The molecule has 1 atom stereocenters. The Balaban J connectivity index is 1.84. The van der Waals surface area contributed by atoms with Gasteiger partial charge in [-0.05, 0) is 37.5 Å². The monoisotopic (exact) mass is 503 g/mol. The fourth-order valence-corrected chi connectivity index (χ4v) is 5.26. The Hall–Kier alpha value is -2.47. The second kappa shape index (κ2) is 12.8. The van der Waals surface area contributed by atoms with Gasteiger partial charge >= 0.3 is 5.97 Å². The maximum atomic E-state index is 13.0. The quantitative estimate of drug-likeness (QED) is 0.380. The van der Waals surface area contributed by atoms with Crippen LogP contribution in [0.25, 0.3) is 0 Å². The second-order valence-electron chi connectivity index (χ2n) is 8.32. The molecule has 34 heavy (non-hydrogen) atoms. The molecule has 1 amide bonds. The minimum atomic E-state index is -0.637. The Morgan fingerprint density at radius 1 is 1.21 bits per heavy atom. The molecule has 0 radical (unpaired) electrons. The lowest BCUT2D eigenvalue weighted by atomic mass is 9.82. The molecule has 1 heterocycles. The Morgan fingerprint density at radius 2 is 1.91 bits per heavy atom. The van der Waals surface area contributed by atoms with Crippen molar-refractivity contribution in [2.75, 3.05) is 26.1 Å². The zero-order valence-corrected chi connectivity index (χ0v) is 21.1. The summed E-state index contributed by atoms with van der Waals surface area (Å²) in [6.45, 7) is 2.15. The number of carbonyl (C=O) groups excluding carboxylic acids is 2. The van der Waals surface area contributed by atoms with Crippen molar-refractivity contribution < 1.29 is 19.1 Å². The highest BCUT2D eigenvalue weighted by Crippen LogP contribution is 2.41. The summed E-state index contributed by atoms with van der Waals surface area (Å²) in [7, 11) is 1.53. The van der Waals surface area contributed by atoms with E-state index in [0.29, 0.717) is 26.9 Å². The van der Waals surface area contributed by atoms with Gasteiger partial charge in [-0.25, -0.2) is 4.79 Å². The van der Waals surface area contributed by atoms with Gasteiger partial charge in [0.15, 0.2) is 0 Å². The van der Waals surface area contributed by atoms with Crippen LogP contribution in [0.1, 0.15) is 50.5 Å². The molecule has 0 unspecified atom stereocenters. The average Bonchev–Trinajstić information content (AvgIpc) is 2.83. The van der Waals surface area contributed by atoms with Crippen LogP contribution in [0.4, 0.5) is 0 Å². The maximum absolute atomic E-state index is 13.0. The molecule has 9 heteroatoms. The van der Waals surface area contributed by atoms with E-state index in [1.54, 1.807) is 31.2 Å². The Morgan fingerprint density at radius 3 is 2.56 bits per heavy atom. The number of esters is 1. The Bertz CT molecular complexity index is 994. The van der Waals surface area contributed by atoms with Gasteiger partial charge in [0.25, 0.3) is 0 Å². The summed E-state index contributed by atoms with van der Waals surface area (Å²) in [4.78, 5) is 25.5. The topological polar surface area (TPSA) is 100 Å². The van der Waals surface area contributed by atoms with E-state index in [1.165, 1.54) is 25.3 Å². The number of ether oxygens (including phenoxy) is 2. The maximum Gasteiger partial charge on any atom is 0.336 e. The van der Waals surface area contributed by atoms with Crippen molar-refractivity contribution in [3.05, 3.63) is 56.7 Å². The van der Waals surface area contributed by atoms with Crippen LogP contribution >= 0.6 is 23.4 Å². The number of nitrogens with zero attached hydrogens (tertiary/aromatic N) is 1. The van der Waals surface area contributed by atoms with Gasteiger partial charge in [0, 0.05) is 23.9 Å². The van der Waals surface area contributed by atoms with Gasteiger partial charge in [-0.2, -0.15) is 5.26 Å². The normalized spacial score (nSPS) is 18.8. The molecular formula is C25H30ClN3O4S. The van der Waals surface area contributed by atoms with E-state index in [1.807, 2.05) is 0 Å². The van der Waals surface area contributed by atoms with Crippen LogP contribution in [0.5, 0.6) is 0 Å². The van der Waals surface area contributed by atoms with Gasteiger partial charge in [-0.3, -0.25) is 4.79 Å². The fourth-order valence-electron chi connectivity index (χ4n) is 4.23. The minimum absolute atomic E-state index is 0.0575. The van der Waals surface area contributed by atoms with E-state index >= 15 is 0 Å². The van der Waals surface area contributed by atoms with Crippen molar-refractivity contribution in [2.45, 2.75) is 51.0 Å². The van der Waals surface area contributed by atoms with Crippen molar-refractivity contribution in [1.82, 2.24) is 10.6 Å². The summed E-state index contributed by atoms with van der Waals surface area (Å²) >= 11 is 7.34. The summed E-state index contributed by atoms with van der Waals surface area (Å²) < 4.78 is 10.4. The number of rotatable bonds is 9. The van der Waals surface area contributed by atoms with Crippen LogP contribution in [-0.2, 0) is 19.1 Å². The predicted octanol–water partition coefficient (Wildman–Crippen LogP) is 4.41. The number of nitrogens with one attached hydrogen (secondary N) is 2. The van der Waals surface area contributed by atoms with E-state index in [9.17, 15) is 14.9 Å². The first-order valence-corrected chi connectivity index (χ1v) is 12.8. The van der Waals surface area contributed by atoms with Gasteiger partial charge < -0.3 is 20.1 Å². The number of halogens is 1. The lowest BCUT2D eigenvalue weighted by Gasteiger charge is -2.29. The zero-order chi connectivity index (χ0) is 24.5. The van der Waals surface area contributed by atoms with Gasteiger partial charge in [-0.15, -0.1) is 0 Å². The largest absolute Gasteiger partial charge is 0.460 e. The summed E-state index contributed by atoms with van der Waals surface area (Å²) in [6, 6.07) is 9.52. The molecule has 1 fully saturated rings. The number of thioether (sulfide) groups is 1. The molecule has 2 aliphatic rings. The van der Waals surface area contributed by atoms with Gasteiger partial charge in [-0.1, -0.05) is 54.8 Å². The fraction of sp³-hybridized carbons (Fsp3) is 0.480. The molecule has 1 saturated carbocycles. The molecule has 0 aromatic heterocycles. The standard InChI is InChI=1S/C25H30ClN3O4S/c1-16-22(25(31)33-13-12-32-2)23(17-8-10-18(26)11-9-17)20(14-27)24(28-16)34-15-21(30)29-19-6-4-3-5-7-19/h8-11,19,23,28H,3-7,12-13,15H2,1-2H3,(H,29,30)/t23-/m1/s1. The third-order valence-corrected chi connectivity index (χ3v) is 7.18. The van der Waals surface area contributed by atoms with Crippen molar-refractivity contribution in [1.29, 1.82) is 5.26 Å². The number of amides is 1. The van der Waals surface area contributed by atoms with Crippen molar-refractivity contribution in [3.63, 3.8) is 0 Å². The first-order valence-electron chi connectivity index (χ1n) is 11.4. The number of hydrogen-bond acceptors (Lipinski definition) is 7. The van der Waals surface area contributed by atoms with Gasteiger partial charge in [0.05, 0.1) is 40.5 Å². The number of nitriles is 1. The number of hydrogen-bond donors (Lipinski definition) is 2. The first kappa shape index (κ1) is 26.1. The van der Waals surface area contributed by atoms with Crippen molar-refractivity contribution >= 4 is 35.2 Å². The van der Waals surface area contributed by atoms with Gasteiger partial charge in [0.2, 0.25) is 5.91 Å². The molecule has 0 bridgehead atoms. The molecule has 1 aromatic carbocycles. The van der Waals surface area contributed by atoms with Crippen molar-refractivity contribution in [3.8, 4) is 6.07 Å². The van der Waals surface area contributed by atoms with Crippen molar-refractivity contribution in [2.24, 2.45) is 0 Å². The summed E-state index contributed by atoms with van der Waals surface area (Å²) in [5, 5.41) is 17.5. The molecule has 1 aromatic rings.